The fourth-order valence-corrected chi connectivity index (χ4v) is 1.18. The number of rotatable bonds is 1. The van der Waals surface area contributed by atoms with Crippen molar-refractivity contribution in [1.29, 1.82) is 0 Å². The van der Waals surface area contributed by atoms with E-state index >= 15 is 0 Å². The molecule has 0 aliphatic rings. The van der Waals surface area contributed by atoms with Crippen molar-refractivity contribution in [2.45, 2.75) is 26.4 Å². The van der Waals surface area contributed by atoms with Crippen LogP contribution in [-0.2, 0) is 0 Å². The van der Waals surface area contributed by atoms with E-state index in [-0.39, 0.29) is 0 Å². The predicted octanol–water partition coefficient (Wildman–Crippen LogP) is 3.09. The van der Waals surface area contributed by atoms with Crippen LogP contribution in [0, 0.1) is 0 Å². The summed E-state index contributed by atoms with van der Waals surface area (Å²) >= 11 is 0. The van der Waals surface area contributed by atoms with Crippen molar-refractivity contribution >= 4 is 12.2 Å². The lowest BCUT2D eigenvalue weighted by Gasteiger charge is -2.25. The number of halogens is 2. The Morgan fingerprint density at radius 1 is 1.20 bits per heavy atom. The fraction of sp³-hybridized carbons (Fsp3) is 0.857. The molecule has 0 saturated carbocycles. The summed E-state index contributed by atoms with van der Waals surface area (Å²) in [6.07, 6.45) is 0. The molecule has 0 aromatic heterocycles. The van der Waals surface area contributed by atoms with Crippen LogP contribution in [-0.4, -0.2) is 24.3 Å². The lowest BCUT2D eigenvalue weighted by molar-refractivity contribution is 0.121. The van der Waals surface area contributed by atoms with E-state index < -0.39 is 12.5 Å². The van der Waals surface area contributed by atoms with Gasteiger partial charge in [-0.05, 0) is 34.1 Å². The summed E-state index contributed by atoms with van der Waals surface area (Å²) in [5.74, 6) is 0. The zero-order chi connectivity index (χ0) is 8.58. The lowest BCUT2D eigenvalue weighted by Crippen LogP contribution is -2.13. The van der Waals surface area contributed by atoms with Crippen LogP contribution >= 0.6 is 6.89 Å². The standard InChI is InChI=1S/C7H15F2P/c1-6(2)10(4,5)7(3,8)9/h1-5H3. The Labute approximate surface area is 61.6 Å². The maximum Gasteiger partial charge on any atom is 0.260 e. The molecule has 0 heterocycles. The summed E-state index contributed by atoms with van der Waals surface area (Å²) in [7, 11) is 0. The summed E-state index contributed by atoms with van der Waals surface area (Å²) in [6, 6.07) is 0. The van der Waals surface area contributed by atoms with Crippen LogP contribution in [0.4, 0.5) is 8.78 Å². The van der Waals surface area contributed by atoms with Gasteiger partial charge in [-0.1, -0.05) is 5.29 Å². The number of hydrogen-bond acceptors (Lipinski definition) is 0. The van der Waals surface area contributed by atoms with Gasteiger partial charge in [0.15, 0.2) is 0 Å². The van der Waals surface area contributed by atoms with E-state index in [4.69, 9.17) is 0 Å². The second-order valence-corrected chi connectivity index (χ2v) is 7.83. The Bertz CT molecular complexity index is 167. The van der Waals surface area contributed by atoms with Gasteiger partial charge < -0.3 is 0 Å². The van der Waals surface area contributed by atoms with Crippen LogP contribution in [0.15, 0.2) is 0 Å². The van der Waals surface area contributed by atoms with Crippen LogP contribution in [0.3, 0.4) is 0 Å². The van der Waals surface area contributed by atoms with Gasteiger partial charge in [0.1, 0.15) is 0 Å². The molecule has 0 spiro atoms. The zero-order valence-corrected chi connectivity index (χ0v) is 8.10. The molecule has 0 nitrogen and oxygen atoms in total. The van der Waals surface area contributed by atoms with Crippen molar-refractivity contribution in [3.05, 3.63) is 0 Å². The third-order valence-electron chi connectivity index (χ3n) is 2.10. The van der Waals surface area contributed by atoms with Gasteiger partial charge in [0.2, 0.25) is 0 Å². The first-order valence-corrected chi connectivity index (χ1v) is 5.90. The highest BCUT2D eigenvalue weighted by Crippen LogP contribution is 2.55. The van der Waals surface area contributed by atoms with Gasteiger partial charge in [-0.15, -0.1) is 0 Å². The first kappa shape index (κ1) is 10.2. The van der Waals surface area contributed by atoms with E-state index in [1.165, 1.54) is 0 Å². The van der Waals surface area contributed by atoms with Gasteiger partial charge >= 0.3 is 0 Å². The number of alkyl halides is 2. The molecule has 0 unspecified atom stereocenters. The molecule has 0 bridgehead atoms. The van der Waals surface area contributed by atoms with Crippen molar-refractivity contribution in [2.24, 2.45) is 0 Å². The fourth-order valence-electron chi connectivity index (χ4n) is 0.393. The molecular weight excluding hydrogens is 153 g/mol. The quantitative estimate of drug-likeness (QED) is 0.528. The molecule has 62 valence electrons. The zero-order valence-electron chi connectivity index (χ0n) is 7.20. The second-order valence-electron chi connectivity index (χ2n) is 3.24. The molecule has 0 aliphatic carbocycles. The maximum absolute atomic E-state index is 12.8. The molecule has 0 amide bonds. The van der Waals surface area contributed by atoms with Crippen LogP contribution in [0.5, 0.6) is 0 Å². The summed E-state index contributed by atoms with van der Waals surface area (Å²) in [6.45, 7) is 5.80. The molecule has 0 aromatic carbocycles. The Morgan fingerprint density at radius 3 is 1.50 bits per heavy atom. The minimum Gasteiger partial charge on any atom is -0.202 e. The van der Waals surface area contributed by atoms with Gasteiger partial charge in [0, 0.05) is 6.92 Å². The first-order chi connectivity index (χ1) is 4.19. The highest BCUT2D eigenvalue weighted by molar-refractivity contribution is 7.75. The molecule has 0 rings (SSSR count). The molecule has 0 fully saturated rings. The molecule has 10 heavy (non-hydrogen) atoms. The molecule has 0 saturated heterocycles. The Hall–Kier alpha value is 0.160. The molecule has 0 aromatic rings. The van der Waals surface area contributed by atoms with Gasteiger partial charge in [-0.2, -0.15) is 0 Å². The average molecular weight is 168 g/mol. The van der Waals surface area contributed by atoms with Gasteiger partial charge in [-0.25, -0.2) is 8.78 Å². The summed E-state index contributed by atoms with van der Waals surface area (Å²) in [4.78, 5) is 0. The third kappa shape index (κ3) is 1.82. The van der Waals surface area contributed by atoms with E-state index in [1.807, 2.05) is 0 Å². The molecule has 0 radical (unpaired) electrons. The van der Waals surface area contributed by atoms with E-state index in [0.29, 0.717) is 0 Å². The molecule has 0 N–H and O–H groups in total. The topological polar surface area (TPSA) is 0 Å². The average Bonchev–Trinajstić information content (AvgIpc) is 1.62. The van der Waals surface area contributed by atoms with E-state index in [2.05, 4.69) is 0 Å². The highest BCUT2D eigenvalue weighted by atomic mass is 31.2. The Morgan fingerprint density at radius 2 is 1.50 bits per heavy atom. The SMILES string of the molecule is CC(C)=P(C)(C)C(C)(F)F. The molecule has 0 aliphatic heterocycles. The minimum absolute atomic E-state index is 0.875. The van der Waals surface area contributed by atoms with Crippen molar-refractivity contribution in [3.8, 4) is 0 Å². The van der Waals surface area contributed by atoms with Crippen LogP contribution in [0.2, 0.25) is 0 Å². The van der Waals surface area contributed by atoms with E-state index in [9.17, 15) is 8.78 Å². The lowest BCUT2D eigenvalue weighted by atomic mass is 10.6. The smallest absolute Gasteiger partial charge is 0.202 e. The van der Waals surface area contributed by atoms with Crippen molar-refractivity contribution in [3.63, 3.8) is 0 Å². The maximum atomic E-state index is 12.8. The van der Waals surface area contributed by atoms with Crippen LogP contribution in [0.25, 0.3) is 0 Å². The van der Waals surface area contributed by atoms with E-state index in [0.717, 1.165) is 12.2 Å². The second kappa shape index (κ2) is 2.65. The summed E-state index contributed by atoms with van der Waals surface area (Å²) in [5, 5.41) is 0.875. The molecule has 0 atom stereocenters. The Balaban J connectivity index is 4.95. The normalized spacial score (nSPS) is 13.5. The number of hydrogen-bond donors (Lipinski definition) is 0. The van der Waals surface area contributed by atoms with Gasteiger partial charge in [0.05, 0.1) is 0 Å². The largest absolute Gasteiger partial charge is 0.260 e. The third-order valence-corrected chi connectivity index (χ3v) is 6.30. The monoisotopic (exact) mass is 168 g/mol. The van der Waals surface area contributed by atoms with E-state index in [1.54, 1.807) is 27.2 Å². The Kier molecular flexibility index (Phi) is 2.70. The summed E-state index contributed by atoms with van der Waals surface area (Å²) in [5.41, 5.74) is -2.51. The van der Waals surface area contributed by atoms with Gasteiger partial charge in [-0.3, -0.25) is 0 Å². The van der Waals surface area contributed by atoms with Gasteiger partial charge in [0.25, 0.3) is 5.66 Å². The predicted molar refractivity (Wildman–Crippen MR) is 45.7 cm³/mol. The molecular formula is C7H15F2P. The van der Waals surface area contributed by atoms with Crippen molar-refractivity contribution in [1.82, 2.24) is 0 Å². The van der Waals surface area contributed by atoms with Crippen LogP contribution < -0.4 is 0 Å². The molecule has 3 heteroatoms. The minimum atomic E-state index is -2.51. The first-order valence-electron chi connectivity index (χ1n) is 3.22. The van der Waals surface area contributed by atoms with Crippen molar-refractivity contribution in [2.75, 3.05) is 13.3 Å². The van der Waals surface area contributed by atoms with Crippen molar-refractivity contribution < 1.29 is 8.78 Å². The summed E-state index contributed by atoms with van der Waals surface area (Å²) < 4.78 is 25.6. The van der Waals surface area contributed by atoms with Crippen LogP contribution in [0.1, 0.15) is 20.8 Å². The highest BCUT2D eigenvalue weighted by Gasteiger charge is 2.33.